The van der Waals surface area contributed by atoms with E-state index in [1.807, 2.05) is 0 Å². The second-order valence-corrected chi connectivity index (χ2v) is 7.04. The molecule has 0 spiro atoms. The Hall–Kier alpha value is -1.13. The first kappa shape index (κ1) is 14.8. The van der Waals surface area contributed by atoms with Crippen LogP contribution in [0.25, 0.3) is 0 Å². The molecule has 4 heteroatoms. The van der Waals surface area contributed by atoms with Crippen LogP contribution in [0.15, 0.2) is 12.1 Å². The lowest BCUT2D eigenvalue weighted by atomic mass is 10.1. The summed E-state index contributed by atoms with van der Waals surface area (Å²) in [6.07, 6.45) is 2.68. The van der Waals surface area contributed by atoms with E-state index in [0.29, 0.717) is 12.0 Å². The van der Waals surface area contributed by atoms with Crippen LogP contribution in [-0.4, -0.2) is 49.2 Å². The molecule has 1 saturated carbocycles. The summed E-state index contributed by atoms with van der Waals surface area (Å²) in [5, 5.41) is 3.60. The Morgan fingerprint density at radius 1 is 1.29 bits per heavy atom. The van der Waals surface area contributed by atoms with Crippen molar-refractivity contribution in [3.63, 3.8) is 0 Å². The predicted molar refractivity (Wildman–Crippen MR) is 87.7 cm³/mol. The third-order valence-electron chi connectivity index (χ3n) is 4.73. The van der Waals surface area contributed by atoms with Gasteiger partial charge in [0.2, 0.25) is 0 Å². The molecule has 2 aliphatic rings. The monoisotopic (exact) mass is 288 g/mol. The molecule has 116 valence electrons. The zero-order chi connectivity index (χ0) is 15.0. The van der Waals surface area contributed by atoms with Gasteiger partial charge in [-0.25, -0.2) is 4.98 Å². The van der Waals surface area contributed by atoms with Crippen molar-refractivity contribution >= 4 is 5.82 Å². The Morgan fingerprint density at radius 3 is 2.67 bits per heavy atom. The summed E-state index contributed by atoms with van der Waals surface area (Å²) in [7, 11) is 4.36. The SMILES string of the molecule is Cc1cc(CNC2CC2)cc(N2CC(C)C(N(C)C)C2)n1. The van der Waals surface area contributed by atoms with E-state index in [1.165, 1.54) is 18.4 Å². The molecule has 1 aliphatic carbocycles. The Labute approximate surface area is 128 Å². The van der Waals surface area contributed by atoms with Crippen LogP contribution in [0.4, 0.5) is 5.82 Å². The van der Waals surface area contributed by atoms with Crippen molar-refractivity contribution in [2.75, 3.05) is 32.1 Å². The molecule has 0 radical (unpaired) electrons. The molecule has 2 heterocycles. The van der Waals surface area contributed by atoms with Crippen molar-refractivity contribution in [3.8, 4) is 0 Å². The molecule has 4 nitrogen and oxygen atoms in total. The van der Waals surface area contributed by atoms with Gasteiger partial charge in [-0.1, -0.05) is 6.92 Å². The van der Waals surface area contributed by atoms with Crippen LogP contribution in [0.5, 0.6) is 0 Å². The quantitative estimate of drug-likeness (QED) is 0.898. The van der Waals surface area contributed by atoms with Gasteiger partial charge in [-0.3, -0.25) is 0 Å². The zero-order valence-corrected chi connectivity index (χ0v) is 13.8. The predicted octanol–water partition coefficient (Wildman–Crippen LogP) is 2.03. The van der Waals surface area contributed by atoms with E-state index in [0.717, 1.165) is 37.2 Å². The third kappa shape index (κ3) is 3.55. The Morgan fingerprint density at radius 2 is 2.05 bits per heavy atom. The molecular weight excluding hydrogens is 260 g/mol. The molecule has 0 amide bonds. The van der Waals surface area contributed by atoms with Crippen LogP contribution >= 0.6 is 0 Å². The molecule has 2 fully saturated rings. The summed E-state index contributed by atoms with van der Waals surface area (Å²) in [5.74, 6) is 1.84. The van der Waals surface area contributed by atoms with Gasteiger partial charge < -0.3 is 15.1 Å². The number of aryl methyl sites for hydroxylation is 1. The number of hydrogen-bond acceptors (Lipinski definition) is 4. The van der Waals surface area contributed by atoms with E-state index in [4.69, 9.17) is 4.98 Å². The lowest BCUT2D eigenvalue weighted by molar-refractivity contribution is 0.266. The first-order valence-electron chi connectivity index (χ1n) is 8.15. The number of pyridine rings is 1. The van der Waals surface area contributed by atoms with Crippen molar-refractivity contribution in [1.82, 2.24) is 15.2 Å². The maximum atomic E-state index is 4.77. The first-order valence-corrected chi connectivity index (χ1v) is 8.15. The lowest BCUT2D eigenvalue weighted by Crippen LogP contribution is -2.34. The molecule has 1 N–H and O–H groups in total. The fourth-order valence-corrected chi connectivity index (χ4v) is 3.34. The number of nitrogens with one attached hydrogen (secondary N) is 1. The minimum Gasteiger partial charge on any atom is -0.355 e. The van der Waals surface area contributed by atoms with E-state index >= 15 is 0 Å². The number of likely N-dealkylation sites (N-methyl/N-ethyl adjacent to an activating group) is 1. The number of nitrogens with zero attached hydrogens (tertiary/aromatic N) is 3. The molecule has 1 saturated heterocycles. The van der Waals surface area contributed by atoms with Crippen molar-refractivity contribution in [1.29, 1.82) is 0 Å². The number of hydrogen-bond donors (Lipinski definition) is 1. The second-order valence-electron chi connectivity index (χ2n) is 7.04. The van der Waals surface area contributed by atoms with Crippen LogP contribution in [-0.2, 0) is 6.54 Å². The van der Waals surface area contributed by atoms with E-state index in [1.54, 1.807) is 0 Å². The summed E-state index contributed by atoms with van der Waals surface area (Å²) in [6.45, 7) is 7.61. The molecule has 2 unspecified atom stereocenters. The minimum absolute atomic E-state index is 0.625. The maximum Gasteiger partial charge on any atom is 0.129 e. The Balaban J connectivity index is 1.72. The van der Waals surface area contributed by atoms with Crippen LogP contribution < -0.4 is 10.2 Å². The third-order valence-corrected chi connectivity index (χ3v) is 4.73. The van der Waals surface area contributed by atoms with E-state index in [2.05, 4.69) is 55.2 Å². The first-order chi connectivity index (χ1) is 10.0. The summed E-state index contributed by atoms with van der Waals surface area (Å²) in [4.78, 5) is 9.56. The summed E-state index contributed by atoms with van der Waals surface area (Å²) >= 11 is 0. The zero-order valence-electron chi connectivity index (χ0n) is 13.8. The highest BCUT2D eigenvalue weighted by atomic mass is 15.3. The van der Waals surface area contributed by atoms with Crippen molar-refractivity contribution in [3.05, 3.63) is 23.4 Å². The van der Waals surface area contributed by atoms with Crippen LogP contribution in [0.2, 0.25) is 0 Å². The average molecular weight is 288 g/mol. The smallest absolute Gasteiger partial charge is 0.129 e. The van der Waals surface area contributed by atoms with E-state index < -0.39 is 0 Å². The van der Waals surface area contributed by atoms with Gasteiger partial charge in [0.1, 0.15) is 5.82 Å². The molecule has 1 aromatic rings. The molecule has 3 rings (SSSR count). The topological polar surface area (TPSA) is 31.4 Å². The van der Waals surface area contributed by atoms with Gasteiger partial charge in [-0.05, 0) is 57.5 Å². The average Bonchev–Trinajstić information content (AvgIpc) is 3.17. The van der Waals surface area contributed by atoms with Crippen LogP contribution in [0.1, 0.15) is 31.0 Å². The fraction of sp³-hybridized carbons (Fsp3) is 0.706. The van der Waals surface area contributed by atoms with Crippen molar-refractivity contribution in [2.24, 2.45) is 5.92 Å². The minimum atomic E-state index is 0.625. The lowest BCUT2D eigenvalue weighted by Gasteiger charge is -2.23. The molecule has 1 aromatic heterocycles. The Bertz CT molecular complexity index is 496. The summed E-state index contributed by atoms with van der Waals surface area (Å²) in [6, 6.07) is 5.86. The van der Waals surface area contributed by atoms with Gasteiger partial charge in [0, 0.05) is 37.4 Å². The van der Waals surface area contributed by atoms with Crippen molar-refractivity contribution < 1.29 is 0 Å². The van der Waals surface area contributed by atoms with Crippen LogP contribution in [0.3, 0.4) is 0 Å². The molecule has 0 bridgehead atoms. The summed E-state index contributed by atoms with van der Waals surface area (Å²) in [5.41, 5.74) is 2.49. The standard InChI is InChI=1S/C17H28N4/c1-12-10-21(11-16(12)20(3)4)17-8-14(7-13(2)19-17)9-18-15-5-6-15/h7-8,12,15-16,18H,5-6,9-11H2,1-4H3. The highest BCUT2D eigenvalue weighted by Gasteiger charge is 2.31. The molecule has 2 atom stereocenters. The highest BCUT2D eigenvalue weighted by Crippen LogP contribution is 2.26. The molecular formula is C17H28N4. The van der Waals surface area contributed by atoms with Gasteiger partial charge >= 0.3 is 0 Å². The molecule has 0 aromatic carbocycles. The number of rotatable bonds is 5. The molecule has 1 aliphatic heterocycles. The largest absolute Gasteiger partial charge is 0.355 e. The highest BCUT2D eigenvalue weighted by molar-refractivity contribution is 5.44. The van der Waals surface area contributed by atoms with E-state index in [9.17, 15) is 0 Å². The summed E-state index contributed by atoms with van der Waals surface area (Å²) < 4.78 is 0. The number of anilines is 1. The van der Waals surface area contributed by atoms with Gasteiger partial charge in [0.05, 0.1) is 0 Å². The van der Waals surface area contributed by atoms with Gasteiger partial charge in [0.25, 0.3) is 0 Å². The van der Waals surface area contributed by atoms with Gasteiger partial charge in [0.15, 0.2) is 0 Å². The number of aromatic nitrogens is 1. The Kier molecular flexibility index (Phi) is 4.18. The van der Waals surface area contributed by atoms with Gasteiger partial charge in [-0.15, -0.1) is 0 Å². The second kappa shape index (κ2) is 5.93. The van der Waals surface area contributed by atoms with Gasteiger partial charge in [-0.2, -0.15) is 0 Å². The van der Waals surface area contributed by atoms with Crippen LogP contribution in [0, 0.1) is 12.8 Å². The fourth-order valence-electron chi connectivity index (χ4n) is 3.34. The molecule has 21 heavy (non-hydrogen) atoms. The maximum absolute atomic E-state index is 4.77. The van der Waals surface area contributed by atoms with Crippen molar-refractivity contribution in [2.45, 2.75) is 45.3 Å². The normalized spacial score (nSPS) is 25.9. The van der Waals surface area contributed by atoms with E-state index in [-0.39, 0.29) is 0 Å².